The molecule has 1 unspecified atom stereocenters. The molecule has 0 saturated carbocycles. The number of aromatic nitrogens is 3. The van der Waals surface area contributed by atoms with Gasteiger partial charge in [-0.05, 0) is 31.0 Å². The molecule has 2 aromatic rings. The summed E-state index contributed by atoms with van der Waals surface area (Å²) >= 11 is 6.02. The molecule has 1 aromatic carbocycles. The first-order valence-electron chi connectivity index (χ1n) is 6.71. The lowest BCUT2D eigenvalue weighted by atomic mass is 10.2. The summed E-state index contributed by atoms with van der Waals surface area (Å²) in [6.07, 6.45) is 2.46. The fraction of sp³-hybridized carbons (Fsp3) is 0.357. The average Bonchev–Trinajstić information content (AvgIpc) is 2.90. The number of halogens is 1. The lowest BCUT2D eigenvalue weighted by Gasteiger charge is -2.06. The van der Waals surface area contributed by atoms with Crippen LogP contribution in [-0.4, -0.2) is 20.9 Å². The van der Waals surface area contributed by atoms with E-state index >= 15 is 0 Å². The second kappa shape index (κ2) is 6.69. The van der Waals surface area contributed by atoms with Gasteiger partial charge in [0.05, 0.1) is 17.9 Å². The second-order valence-corrected chi connectivity index (χ2v) is 5.28. The van der Waals surface area contributed by atoms with E-state index in [0.717, 1.165) is 12.0 Å². The number of nitrogens with one attached hydrogen (secondary N) is 1. The number of hydrogen-bond acceptors (Lipinski definition) is 4. The molecule has 1 aromatic heterocycles. The fourth-order valence-corrected chi connectivity index (χ4v) is 1.97. The van der Waals surface area contributed by atoms with Gasteiger partial charge in [0, 0.05) is 10.7 Å². The van der Waals surface area contributed by atoms with Crippen LogP contribution in [0.2, 0.25) is 5.02 Å². The molecule has 1 heterocycles. The van der Waals surface area contributed by atoms with Crippen LogP contribution in [0.1, 0.15) is 30.6 Å². The van der Waals surface area contributed by atoms with E-state index in [0.29, 0.717) is 16.4 Å². The van der Waals surface area contributed by atoms with E-state index in [4.69, 9.17) is 17.3 Å². The highest BCUT2D eigenvalue weighted by Gasteiger charge is 2.11. The van der Waals surface area contributed by atoms with Crippen LogP contribution in [0.4, 0.5) is 5.69 Å². The first kappa shape index (κ1) is 15.5. The molecule has 21 heavy (non-hydrogen) atoms. The number of nitrogens with two attached hydrogens (primary N) is 1. The lowest BCUT2D eigenvalue weighted by molar-refractivity contribution is -0.116. The SMILES string of the molecule is CCC(N)c1cn(CC(=O)Nc2ccc(C)c(Cl)c2)nn1. The van der Waals surface area contributed by atoms with Crippen LogP contribution in [0.5, 0.6) is 0 Å². The molecule has 0 radical (unpaired) electrons. The molecule has 3 N–H and O–H groups in total. The highest BCUT2D eigenvalue weighted by atomic mass is 35.5. The Morgan fingerprint density at radius 3 is 2.95 bits per heavy atom. The molecule has 112 valence electrons. The molecular formula is C14H18ClN5O. The standard InChI is InChI=1S/C14H18ClN5O/c1-3-12(16)13-7-20(19-18-13)8-14(21)17-10-5-4-9(2)11(15)6-10/h4-7,12H,3,8,16H2,1-2H3,(H,17,21). The zero-order valence-electron chi connectivity index (χ0n) is 12.0. The number of rotatable bonds is 5. The smallest absolute Gasteiger partial charge is 0.246 e. The van der Waals surface area contributed by atoms with Crippen molar-refractivity contribution in [3.05, 3.63) is 40.7 Å². The van der Waals surface area contributed by atoms with Crippen molar-refractivity contribution in [2.75, 3.05) is 5.32 Å². The third-order valence-electron chi connectivity index (χ3n) is 3.14. The Kier molecular flexibility index (Phi) is 4.93. The van der Waals surface area contributed by atoms with Crippen molar-refractivity contribution in [1.82, 2.24) is 15.0 Å². The minimum Gasteiger partial charge on any atom is -0.324 e. The van der Waals surface area contributed by atoms with Crippen molar-refractivity contribution in [1.29, 1.82) is 0 Å². The molecule has 1 amide bonds. The third kappa shape index (κ3) is 4.03. The quantitative estimate of drug-likeness (QED) is 0.887. The van der Waals surface area contributed by atoms with Crippen molar-refractivity contribution >= 4 is 23.2 Å². The molecule has 0 aliphatic carbocycles. The van der Waals surface area contributed by atoms with Crippen molar-refractivity contribution in [3.8, 4) is 0 Å². The van der Waals surface area contributed by atoms with Crippen LogP contribution >= 0.6 is 11.6 Å². The van der Waals surface area contributed by atoms with Crippen LogP contribution < -0.4 is 11.1 Å². The van der Waals surface area contributed by atoms with E-state index in [1.54, 1.807) is 18.3 Å². The summed E-state index contributed by atoms with van der Waals surface area (Å²) in [5.41, 5.74) is 8.16. The maximum Gasteiger partial charge on any atom is 0.246 e. The molecular weight excluding hydrogens is 290 g/mol. The highest BCUT2D eigenvalue weighted by Crippen LogP contribution is 2.19. The van der Waals surface area contributed by atoms with E-state index in [9.17, 15) is 4.79 Å². The number of amides is 1. The van der Waals surface area contributed by atoms with Gasteiger partial charge in [-0.2, -0.15) is 0 Å². The molecule has 1 atom stereocenters. The van der Waals surface area contributed by atoms with Crippen LogP contribution in [0.15, 0.2) is 24.4 Å². The Balaban J connectivity index is 1.98. The summed E-state index contributed by atoms with van der Waals surface area (Å²) in [7, 11) is 0. The summed E-state index contributed by atoms with van der Waals surface area (Å²) < 4.78 is 1.47. The van der Waals surface area contributed by atoms with Gasteiger partial charge in [-0.15, -0.1) is 5.10 Å². The second-order valence-electron chi connectivity index (χ2n) is 4.87. The Morgan fingerprint density at radius 2 is 2.29 bits per heavy atom. The minimum absolute atomic E-state index is 0.0783. The molecule has 6 nitrogen and oxygen atoms in total. The molecule has 2 rings (SSSR count). The topological polar surface area (TPSA) is 85.8 Å². The molecule has 0 aliphatic heterocycles. The first-order chi connectivity index (χ1) is 9.99. The molecule has 0 bridgehead atoms. The monoisotopic (exact) mass is 307 g/mol. The third-order valence-corrected chi connectivity index (χ3v) is 3.54. The predicted molar refractivity (Wildman–Crippen MR) is 82.1 cm³/mol. The van der Waals surface area contributed by atoms with Crippen LogP contribution in [0.3, 0.4) is 0 Å². The maximum atomic E-state index is 12.0. The zero-order valence-corrected chi connectivity index (χ0v) is 12.8. The fourth-order valence-electron chi connectivity index (χ4n) is 1.79. The first-order valence-corrected chi connectivity index (χ1v) is 7.09. The van der Waals surface area contributed by atoms with Gasteiger partial charge >= 0.3 is 0 Å². The number of anilines is 1. The molecule has 7 heteroatoms. The van der Waals surface area contributed by atoms with Crippen molar-refractivity contribution < 1.29 is 4.79 Å². The molecule has 0 aliphatic rings. The molecule has 0 fully saturated rings. The minimum atomic E-state index is -0.198. The van der Waals surface area contributed by atoms with Crippen molar-refractivity contribution in [3.63, 3.8) is 0 Å². The van der Waals surface area contributed by atoms with E-state index in [-0.39, 0.29) is 18.5 Å². The van der Waals surface area contributed by atoms with E-state index in [1.807, 2.05) is 19.9 Å². The van der Waals surface area contributed by atoms with Gasteiger partial charge in [0.2, 0.25) is 5.91 Å². The van der Waals surface area contributed by atoms with Gasteiger partial charge < -0.3 is 11.1 Å². The van der Waals surface area contributed by atoms with E-state index in [2.05, 4.69) is 15.6 Å². The van der Waals surface area contributed by atoms with Gasteiger partial charge in [0.1, 0.15) is 6.54 Å². The Hall–Kier alpha value is -1.92. The maximum absolute atomic E-state index is 12.0. The van der Waals surface area contributed by atoms with Gasteiger partial charge in [0.15, 0.2) is 0 Å². The molecule has 0 spiro atoms. The predicted octanol–water partition coefficient (Wildman–Crippen LogP) is 2.29. The molecule has 0 saturated heterocycles. The Bertz CT molecular complexity index is 640. The van der Waals surface area contributed by atoms with E-state index < -0.39 is 0 Å². The van der Waals surface area contributed by atoms with Gasteiger partial charge in [-0.1, -0.05) is 29.8 Å². The summed E-state index contributed by atoms with van der Waals surface area (Å²) in [6, 6.07) is 5.22. The number of nitrogens with zero attached hydrogens (tertiary/aromatic N) is 3. The van der Waals surface area contributed by atoms with Crippen molar-refractivity contribution in [2.24, 2.45) is 5.73 Å². The lowest BCUT2D eigenvalue weighted by Crippen LogP contribution is -2.19. The van der Waals surface area contributed by atoms with Gasteiger partial charge in [-0.3, -0.25) is 4.79 Å². The van der Waals surface area contributed by atoms with Gasteiger partial charge in [0.25, 0.3) is 0 Å². The van der Waals surface area contributed by atoms with Crippen LogP contribution in [0.25, 0.3) is 0 Å². The largest absolute Gasteiger partial charge is 0.324 e. The normalized spacial score (nSPS) is 12.2. The van der Waals surface area contributed by atoms with Gasteiger partial charge in [-0.25, -0.2) is 4.68 Å². The zero-order chi connectivity index (χ0) is 15.4. The number of hydrogen-bond donors (Lipinski definition) is 2. The summed E-state index contributed by atoms with van der Waals surface area (Å²) in [6.45, 7) is 3.95. The number of benzene rings is 1. The Morgan fingerprint density at radius 1 is 1.52 bits per heavy atom. The Labute approximate surface area is 128 Å². The highest BCUT2D eigenvalue weighted by molar-refractivity contribution is 6.31. The summed E-state index contributed by atoms with van der Waals surface area (Å²) in [5, 5.41) is 11.2. The van der Waals surface area contributed by atoms with Crippen LogP contribution in [0, 0.1) is 6.92 Å². The van der Waals surface area contributed by atoms with Crippen LogP contribution in [-0.2, 0) is 11.3 Å². The van der Waals surface area contributed by atoms with Crippen molar-refractivity contribution in [2.45, 2.75) is 32.9 Å². The average molecular weight is 308 g/mol. The summed E-state index contributed by atoms with van der Waals surface area (Å²) in [5.74, 6) is -0.198. The van der Waals surface area contributed by atoms with E-state index in [1.165, 1.54) is 4.68 Å². The summed E-state index contributed by atoms with van der Waals surface area (Å²) in [4.78, 5) is 12.0. The number of aryl methyl sites for hydroxylation is 1. The number of carbonyl (C=O) groups excluding carboxylic acids is 1. The number of carbonyl (C=O) groups is 1.